The maximum atomic E-state index is 13.4. The Morgan fingerprint density at radius 3 is 2.50 bits per heavy atom. The van der Waals surface area contributed by atoms with Gasteiger partial charge in [-0.25, -0.2) is 0 Å². The Morgan fingerprint density at radius 2 is 1.84 bits per heavy atom. The summed E-state index contributed by atoms with van der Waals surface area (Å²) >= 11 is 0. The van der Waals surface area contributed by atoms with E-state index in [2.05, 4.69) is 18.5 Å². The molecule has 2 N–H and O–H groups in total. The van der Waals surface area contributed by atoms with E-state index in [0.717, 1.165) is 50.5 Å². The van der Waals surface area contributed by atoms with Gasteiger partial charge in [-0.2, -0.15) is 0 Å². The molecule has 7 heteroatoms. The summed E-state index contributed by atoms with van der Waals surface area (Å²) in [6.45, 7) is 8.26. The fraction of sp³-hybridized carbons (Fsp3) is 0.581. The van der Waals surface area contributed by atoms with E-state index in [0.29, 0.717) is 25.8 Å². The minimum absolute atomic E-state index is 0.0589. The van der Waals surface area contributed by atoms with Gasteiger partial charge in [0.25, 0.3) is 0 Å². The molecule has 2 aliphatic rings. The number of hydrogen-bond donors (Lipinski definition) is 2. The third-order valence-electron chi connectivity index (χ3n) is 7.97. The van der Waals surface area contributed by atoms with Crippen molar-refractivity contribution in [3.05, 3.63) is 61.2 Å². The van der Waals surface area contributed by atoms with Gasteiger partial charge in [-0.05, 0) is 56.9 Å². The fourth-order valence-electron chi connectivity index (χ4n) is 5.73. The van der Waals surface area contributed by atoms with E-state index in [1.807, 2.05) is 36.4 Å². The van der Waals surface area contributed by atoms with Crippen LogP contribution in [0, 0.1) is 11.8 Å². The van der Waals surface area contributed by atoms with Crippen molar-refractivity contribution in [2.24, 2.45) is 11.8 Å². The summed E-state index contributed by atoms with van der Waals surface area (Å²) in [5.74, 6) is -1.40. The minimum Gasteiger partial charge on any atom is -0.463 e. The number of rotatable bonds is 15. The number of nitrogens with zero attached hydrogens (tertiary/aromatic N) is 1. The van der Waals surface area contributed by atoms with Gasteiger partial charge in [-0.15, -0.1) is 13.2 Å². The molecule has 3 unspecified atom stereocenters. The first kappa shape index (κ1) is 29.6. The van der Waals surface area contributed by atoms with E-state index in [-0.39, 0.29) is 49.4 Å². The molecule has 0 spiro atoms. The van der Waals surface area contributed by atoms with Crippen molar-refractivity contribution in [1.29, 1.82) is 0 Å². The van der Waals surface area contributed by atoms with Crippen LogP contribution in [-0.2, 0) is 25.5 Å². The quantitative estimate of drug-likeness (QED) is 0.263. The number of aliphatic hydroxyl groups excluding tert-OH is 1. The first-order valence-electron chi connectivity index (χ1n) is 14.1. The van der Waals surface area contributed by atoms with Crippen molar-refractivity contribution in [3.63, 3.8) is 0 Å². The molecule has 1 saturated heterocycles. The van der Waals surface area contributed by atoms with Crippen LogP contribution in [0.25, 0.3) is 0 Å². The molecule has 1 aliphatic carbocycles. The van der Waals surface area contributed by atoms with Gasteiger partial charge in [0.2, 0.25) is 11.8 Å². The number of aliphatic hydroxyl groups is 1. The molecule has 1 aliphatic heterocycles. The molecule has 1 saturated carbocycles. The largest absolute Gasteiger partial charge is 0.463 e. The number of hydrogen-bond acceptors (Lipinski definition) is 5. The lowest BCUT2D eigenvalue weighted by atomic mass is 9.93. The predicted molar refractivity (Wildman–Crippen MR) is 148 cm³/mol. The summed E-state index contributed by atoms with van der Waals surface area (Å²) in [6, 6.07) is 9.74. The number of nitrogens with one attached hydrogen (secondary N) is 1. The van der Waals surface area contributed by atoms with Gasteiger partial charge in [-0.3, -0.25) is 14.4 Å². The highest BCUT2D eigenvalue weighted by molar-refractivity contribution is 5.86. The summed E-state index contributed by atoms with van der Waals surface area (Å²) < 4.78 is 5.88. The van der Waals surface area contributed by atoms with Crippen LogP contribution in [0.4, 0.5) is 0 Å². The Bertz CT molecular complexity index is 941. The Hall–Kier alpha value is -2.93. The van der Waals surface area contributed by atoms with E-state index in [9.17, 15) is 19.5 Å². The smallest absolute Gasteiger partial charge is 0.309 e. The Labute approximate surface area is 227 Å². The summed E-state index contributed by atoms with van der Waals surface area (Å²) in [7, 11) is 0. The number of likely N-dealkylation sites (tertiary alicyclic amines) is 1. The third kappa shape index (κ3) is 8.29. The molecular weight excluding hydrogens is 480 g/mol. The molecule has 0 radical (unpaired) electrons. The summed E-state index contributed by atoms with van der Waals surface area (Å²) in [4.78, 5) is 41.3. The zero-order valence-electron chi connectivity index (χ0n) is 22.6. The molecule has 2 fully saturated rings. The van der Waals surface area contributed by atoms with Crippen LogP contribution in [0.5, 0.6) is 0 Å². The molecule has 208 valence electrons. The first-order valence-corrected chi connectivity index (χ1v) is 14.1. The van der Waals surface area contributed by atoms with E-state index >= 15 is 0 Å². The van der Waals surface area contributed by atoms with Crippen molar-refractivity contribution in [3.8, 4) is 0 Å². The lowest BCUT2D eigenvalue weighted by molar-refractivity contribution is -0.152. The van der Waals surface area contributed by atoms with E-state index in [1.165, 1.54) is 0 Å². The van der Waals surface area contributed by atoms with Gasteiger partial charge in [0.05, 0.1) is 30.0 Å². The maximum absolute atomic E-state index is 13.4. The molecule has 7 nitrogen and oxygen atoms in total. The molecule has 2 amide bonds. The molecule has 1 heterocycles. The maximum Gasteiger partial charge on any atom is 0.309 e. The number of carbonyl (C=O) groups excluding carboxylic acids is 3. The van der Waals surface area contributed by atoms with Gasteiger partial charge in [0.1, 0.15) is 6.61 Å². The number of ether oxygens (including phenoxy) is 1. The Kier molecular flexibility index (Phi) is 11.6. The normalized spacial score (nSPS) is 19.9. The molecule has 38 heavy (non-hydrogen) atoms. The molecule has 1 aromatic carbocycles. The zero-order valence-corrected chi connectivity index (χ0v) is 22.6. The monoisotopic (exact) mass is 524 g/mol. The first-order chi connectivity index (χ1) is 18.4. The lowest BCUT2D eigenvalue weighted by Gasteiger charge is -2.32. The average Bonchev–Trinajstić information content (AvgIpc) is 3.60. The minimum atomic E-state index is -0.619. The third-order valence-corrected chi connectivity index (χ3v) is 7.97. The highest BCUT2D eigenvalue weighted by Gasteiger charge is 2.39. The van der Waals surface area contributed by atoms with Crippen LogP contribution in [0.3, 0.4) is 0 Å². The SMILES string of the molecule is C=CCCC(Cc1ccccc1)C(=O)OCC1(NC(=O)C(CC=C)CC(=O)N2CCCC2CO)CCCC1. The summed E-state index contributed by atoms with van der Waals surface area (Å²) in [6.07, 6.45) is 10.9. The molecule has 3 rings (SSSR count). The molecule has 0 bridgehead atoms. The van der Waals surface area contributed by atoms with E-state index in [1.54, 1.807) is 11.0 Å². The number of carbonyl (C=O) groups is 3. The Morgan fingerprint density at radius 1 is 1.11 bits per heavy atom. The van der Waals surface area contributed by atoms with Crippen LogP contribution >= 0.6 is 0 Å². The second-order valence-electron chi connectivity index (χ2n) is 10.8. The van der Waals surface area contributed by atoms with Gasteiger partial charge in [0, 0.05) is 13.0 Å². The highest BCUT2D eigenvalue weighted by atomic mass is 16.5. The van der Waals surface area contributed by atoms with E-state index < -0.39 is 11.5 Å². The molecule has 1 aromatic rings. The van der Waals surface area contributed by atoms with Crippen molar-refractivity contribution in [2.75, 3.05) is 19.8 Å². The Balaban J connectivity index is 1.63. The second-order valence-corrected chi connectivity index (χ2v) is 10.8. The number of benzene rings is 1. The summed E-state index contributed by atoms with van der Waals surface area (Å²) in [5, 5.41) is 12.8. The van der Waals surface area contributed by atoms with Crippen LogP contribution < -0.4 is 5.32 Å². The van der Waals surface area contributed by atoms with Gasteiger partial charge < -0.3 is 20.1 Å². The fourth-order valence-corrected chi connectivity index (χ4v) is 5.73. The topological polar surface area (TPSA) is 95.9 Å². The summed E-state index contributed by atoms with van der Waals surface area (Å²) in [5.41, 5.74) is 0.465. The number of allylic oxidation sites excluding steroid dienone is 2. The molecule has 3 atom stereocenters. The van der Waals surface area contributed by atoms with Gasteiger partial charge >= 0.3 is 5.97 Å². The second kappa shape index (κ2) is 14.9. The predicted octanol–water partition coefficient (Wildman–Crippen LogP) is 4.35. The van der Waals surface area contributed by atoms with Gasteiger partial charge in [-0.1, -0.05) is 55.3 Å². The van der Waals surface area contributed by atoms with E-state index in [4.69, 9.17) is 4.74 Å². The van der Waals surface area contributed by atoms with Crippen molar-refractivity contribution in [1.82, 2.24) is 10.2 Å². The van der Waals surface area contributed by atoms with Crippen molar-refractivity contribution >= 4 is 17.8 Å². The lowest BCUT2D eigenvalue weighted by Crippen LogP contribution is -2.53. The standard InChI is InChI=1S/C31H44N2O5/c1-3-5-15-26(20-24-13-7-6-8-14-24)30(37)38-23-31(17-9-10-18-31)32-29(36)25(12-4-2)21-28(35)33-19-11-16-27(33)22-34/h3-4,6-8,13-14,25-27,34H,1-2,5,9-12,15-23H2,(H,32,36). The van der Waals surface area contributed by atoms with Crippen LogP contribution in [-0.4, -0.2) is 59.1 Å². The molecule has 0 aromatic heterocycles. The van der Waals surface area contributed by atoms with Crippen LogP contribution in [0.15, 0.2) is 55.6 Å². The number of amides is 2. The van der Waals surface area contributed by atoms with Crippen LogP contribution in [0.2, 0.25) is 0 Å². The van der Waals surface area contributed by atoms with Crippen molar-refractivity contribution in [2.45, 2.75) is 82.2 Å². The van der Waals surface area contributed by atoms with Crippen molar-refractivity contribution < 1.29 is 24.2 Å². The number of esters is 1. The average molecular weight is 525 g/mol. The van der Waals surface area contributed by atoms with Crippen LogP contribution in [0.1, 0.15) is 69.8 Å². The zero-order chi connectivity index (χ0) is 27.4. The molecular formula is C31H44N2O5. The van der Waals surface area contributed by atoms with Gasteiger partial charge in [0.15, 0.2) is 0 Å². The highest BCUT2D eigenvalue weighted by Crippen LogP contribution is 2.32.